The van der Waals surface area contributed by atoms with Gasteiger partial charge in [-0.3, -0.25) is 0 Å². The number of carbonyl (C=O) groups is 1. The summed E-state index contributed by atoms with van der Waals surface area (Å²) in [5.41, 5.74) is 0.591. The van der Waals surface area contributed by atoms with Gasteiger partial charge in [-0.1, -0.05) is 12.1 Å². The summed E-state index contributed by atoms with van der Waals surface area (Å²) in [7, 11) is 1.54. The second kappa shape index (κ2) is 5.97. The number of urea groups is 1. The summed E-state index contributed by atoms with van der Waals surface area (Å²) < 4.78 is 5.08. The van der Waals surface area contributed by atoms with Crippen molar-refractivity contribution in [3.05, 3.63) is 24.3 Å². The fourth-order valence-corrected chi connectivity index (χ4v) is 1.15. The minimum absolute atomic E-state index is 0.209. The lowest BCUT2D eigenvalue weighted by Crippen LogP contribution is -2.34. The van der Waals surface area contributed by atoms with Gasteiger partial charge < -0.3 is 20.5 Å². The van der Waals surface area contributed by atoms with Crippen molar-refractivity contribution in [1.82, 2.24) is 5.32 Å². The molecule has 0 radical (unpaired) electrons. The summed E-state index contributed by atoms with van der Waals surface area (Å²) in [6, 6.07) is 6.74. The summed E-state index contributed by atoms with van der Waals surface area (Å²) in [6.07, 6.45) is -0.566. The Bertz CT molecular complexity index is 353. The van der Waals surface area contributed by atoms with E-state index in [1.807, 2.05) is 6.07 Å². The van der Waals surface area contributed by atoms with Crippen LogP contribution >= 0.6 is 0 Å². The summed E-state index contributed by atoms with van der Waals surface area (Å²) in [4.78, 5) is 11.4. The van der Waals surface area contributed by atoms with Crippen molar-refractivity contribution in [2.45, 2.75) is 13.0 Å². The van der Waals surface area contributed by atoms with Gasteiger partial charge in [0.05, 0.1) is 18.9 Å². The average Bonchev–Trinajstić information content (AvgIpc) is 2.27. The third-order valence-corrected chi connectivity index (χ3v) is 1.91. The molecular formula is C11H16N2O3. The highest BCUT2D eigenvalue weighted by Gasteiger charge is 2.06. The number of benzene rings is 1. The normalized spacial score (nSPS) is 11.7. The Hall–Kier alpha value is -1.75. The molecular weight excluding hydrogens is 208 g/mol. The van der Waals surface area contributed by atoms with Crippen LogP contribution < -0.4 is 15.4 Å². The molecule has 0 aromatic heterocycles. The number of hydrogen-bond donors (Lipinski definition) is 3. The lowest BCUT2D eigenvalue weighted by molar-refractivity contribution is 0.190. The maximum absolute atomic E-state index is 11.4. The Morgan fingerprint density at radius 2 is 2.19 bits per heavy atom. The zero-order chi connectivity index (χ0) is 12.0. The second-order valence-corrected chi connectivity index (χ2v) is 3.38. The lowest BCUT2D eigenvalue weighted by Gasteiger charge is -2.11. The molecule has 0 aliphatic rings. The van der Waals surface area contributed by atoms with Gasteiger partial charge in [-0.05, 0) is 19.1 Å². The van der Waals surface area contributed by atoms with Gasteiger partial charge in [-0.25, -0.2) is 4.79 Å². The summed E-state index contributed by atoms with van der Waals surface area (Å²) in [5, 5.41) is 14.2. The van der Waals surface area contributed by atoms with Crippen LogP contribution in [-0.2, 0) is 0 Å². The van der Waals surface area contributed by atoms with Gasteiger partial charge in [0.1, 0.15) is 5.75 Å². The van der Waals surface area contributed by atoms with E-state index < -0.39 is 6.10 Å². The SMILES string of the molecule is COc1ccccc1NC(=O)NC[C@H](C)O. The van der Waals surface area contributed by atoms with Crippen molar-refractivity contribution in [3.63, 3.8) is 0 Å². The van der Waals surface area contributed by atoms with Crippen molar-refractivity contribution in [1.29, 1.82) is 0 Å². The van der Waals surface area contributed by atoms with Gasteiger partial charge in [0.25, 0.3) is 0 Å². The monoisotopic (exact) mass is 224 g/mol. The molecule has 3 N–H and O–H groups in total. The van der Waals surface area contributed by atoms with Crippen molar-refractivity contribution in [3.8, 4) is 5.75 Å². The molecule has 1 rings (SSSR count). The topological polar surface area (TPSA) is 70.6 Å². The molecule has 2 amide bonds. The molecule has 0 fully saturated rings. The van der Waals surface area contributed by atoms with Crippen molar-refractivity contribution < 1.29 is 14.6 Å². The van der Waals surface area contributed by atoms with E-state index in [-0.39, 0.29) is 12.6 Å². The Balaban J connectivity index is 2.55. The number of carbonyl (C=O) groups excluding carboxylic acids is 1. The molecule has 1 atom stereocenters. The third kappa shape index (κ3) is 3.78. The Labute approximate surface area is 94.4 Å². The number of nitrogens with one attached hydrogen (secondary N) is 2. The van der Waals surface area contributed by atoms with Crippen LogP contribution in [0, 0.1) is 0 Å². The number of anilines is 1. The fourth-order valence-electron chi connectivity index (χ4n) is 1.15. The summed E-state index contributed by atoms with van der Waals surface area (Å²) in [6.45, 7) is 1.81. The largest absolute Gasteiger partial charge is 0.495 e. The molecule has 5 nitrogen and oxygen atoms in total. The van der Waals surface area contributed by atoms with Crippen LogP contribution in [0.1, 0.15) is 6.92 Å². The predicted octanol–water partition coefficient (Wildman–Crippen LogP) is 1.20. The van der Waals surface area contributed by atoms with E-state index >= 15 is 0 Å². The van der Waals surface area contributed by atoms with E-state index in [1.165, 1.54) is 7.11 Å². The molecule has 0 aliphatic carbocycles. The van der Waals surface area contributed by atoms with Gasteiger partial charge in [-0.2, -0.15) is 0 Å². The molecule has 1 aromatic carbocycles. The molecule has 0 saturated heterocycles. The first-order chi connectivity index (χ1) is 7.63. The maximum atomic E-state index is 11.4. The van der Waals surface area contributed by atoms with E-state index in [9.17, 15) is 4.79 Å². The number of methoxy groups -OCH3 is 1. The minimum atomic E-state index is -0.566. The first-order valence-corrected chi connectivity index (χ1v) is 4.99. The van der Waals surface area contributed by atoms with Gasteiger partial charge in [0.2, 0.25) is 0 Å². The van der Waals surface area contributed by atoms with Crippen LogP contribution in [0.4, 0.5) is 10.5 Å². The standard InChI is InChI=1S/C11H16N2O3/c1-8(14)7-12-11(15)13-9-5-3-4-6-10(9)16-2/h3-6,8,14H,7H2,1-2H3,(H2,12,13,15)/t8-/m0/s1. The van der Waals surface area contributed by atoms with Crippen LogP contribution in [0.5, 0.6) is 5.75 Å². The summed E-state index contributed by atoms with van der Waals surface area (Å²) >= 11 is 0. The Morgan fingerprint density at radius 1 is 1.50 bits per heavy atom. The number of aliphatic hydroxyl groups excluding tert-OH is 1. The molecule has 1 aromatic rings. The number of rotatable bonds is 4. The van der Waals surface area contributed by atoms with Crippen molar-refractivity contribution >= 4 is 11.7 Å². The molecule has 0 aliphatic heterocycles. The van der Waals surface area contributed by atoms with Crippen molar-refractivity contribution in [2.75, 3.05) is 19.0 Å². The van der Waals surface area contributed by atoms with Gasteiger partial charge in [0, 0.05) is 6.54 Å². The third-order valence-electron chi connectivity index (χ3n) is 1.91. The highest BCUT2D eigenvalue weighted by atomic mass is 16.5. The lowest BCUT2D eigenvalue weighted by atomic mass is 10.3. The van der Waals surface area contributed by atoms with Gasteiger partial charge >= 0.3 is 6.03 Å². The zero-order valence-electron chi connectivity index (χ0n) is 9.36. The molecule has 88 valence electrons. The van der Waals surface area contributed by atoms with E-state index in [1.54, 1.807) is 25.1 Å². The van der Waals surface area contributed by atoms with E-state index in [0.717, 1.165) is 0 Å². The van der Waals surface area contributed by atoms with Crippen molar-refractivity contribution in [2.24, 2.45) is 0 Å². The number of hydrogen-bond acceptors (Lipinski definition) is 3. The molecule has 0 unspecified atom stereocenters. The minimum Gasteiger partial charge on any atom is -0.495 e. The molecule has 5 heteroatoms. The number of aliphatic hydroxyl groups is 1. The second-order valence-electron chi connectivity index (χ2n) is 3.38. The maximum Gasteiger partial charge on any atom is 0.319 e. The Kier molecular flexibility index (Phi) is 4.60. The van der Waals surface area contributed by atoms with E-state index in [0.29, 0.717) is 11.4 Å². The van der Waals surface area contributed by atoms with E-state index in [4.69, 9.17) is 9.84 Å². The quantitative estimate of drug-likeness (QED) is 0.719. The first-order valence-electron chi connectivity index (χ1n) is 4.99. The van der Waals surface area contributed by atoms with Crippen LogP contribution in [0.25, 0.3) is 0 Å². The Morgan fingerprint density at radius 3 is 2.81 bits per heavy atom. The highest BCUT2D eigenvalue weighted by Crippen LogP contribution is 2.22. The number of amides is 2. The van der Waals surface area contributed by atoms with Gasteiger partial charge in [0.15, 0.2) is 0 Å². The molecule has 0 saturated carbocycles. The first kappa shape index (κ1) is 12.3. The molecule has 16 heavy (non-hydrogen) atoms. The highest BCUT2D eigenvalue weighted by molar-refractivity contribution is 5.90. The number of ether oxygens (including phenoxy) is 1. The molecule has 0 spiro atoms. The smallest absolute Gasteiger partial charge is 0.319 e. The van der Waals surface area contributed by atoms with Gasteiger partial charge in [-0.15, -0.1) is 0 Å². The zero-order valence-corrected chi connectivity index (χ0v) is 9.36. The average molecular weight is 224 g/mol. The number of para-hydroxylation sites is 2. The van der Waals surface area contributed by atoms with Crippen LogP contribution in [0.2, 0.25) is 0 Å². The predicted molar refractivity (Wildman–Crippen MR) is 61.7 cm³/mol. The van der Waals surface area contributed by atoms with Crippen LogP contribution in [0.15, 0.2) is 24.3 Å². The van der Waals surface area contributed by atoms with E-state index in [2.05, 4.69) is 10.6 Å². The van der Waals surface area contributed by atoms with Crippen LogP contribution in [-0.4, -0.2) is 30.9 Å². The molecule has 0 heterocycles. The summed E-state index contributed by atoms with van der Waals surface area (Å²) in [5.74, 6) is 0.592. The molecule has 0 bridgehead atoms. The fraction of sp³-hybridized carbons (Fsp3) is 0.364. The van der Waals surface area contributed by atoms with Crippen LogP contribution in [0.3, 0.4) is 0 Å².